The summed E-state index contributed by atoms with van der Waals surface area (Å²) in [5.74, 6) is 0.407. The Bertz CT molecular complexity index is 479. The molecule has 2 aromatic rings. The monoisotopic (exact) mass is 172 g/mol. The minimum absolute atomic E-state index is 0.365. The van der Waals surface area contributed by atoms with E-state index in [9.17, 15) is 5.11 Å². The Morgan fingerprint density at radius 1 is 1.38 bits per heavy atom. The van der Waals surface area contributed by atoms with Crippen LogP contribution >= 0.6 is 0 Å². The second-order valence-corrected chi connectivity index (χ2v) is 2.72. The first-order valence-electron chi connectivity index (χ1n) is 3.84. The Morgan fingerprint density at radius 3 is 2.92 bits per heavy atom. The largest absolute Gasteiger partial charge is 0.458 e. The van der Waals surface area contributed by atoms with Crippen molar-refractivity contribution in [2.45, 2.75) is 6.61 Å². The molecule has 1 radical (unpaired) electrons. The number of hydrogen-bond acceptors (Lipinski definition) is 2. The maximum Gasteiger partial charge on any atom is 0.140 e. The van der Waals surface area contributed by atoms with Crippen molar-refractivity contribution in [1.82, 2.24) is 0 Å². The zero-order chi connectivity index (χ0) is 9.26. The highest BCUT2D eigenvalue weighted by Crippen LogP contribution is 2.20. The standard InChI is InChI=1S/C10H6NO2/c11-5-7-1-2-10-8(3-7)4-9(6-12)13-10/h1-4H,6H2. The van der Waals surface area contributed by atoms with Crippen LogP contribution in [0.1, 0.15) is 11.3 Å². The van der Waals surface area contributed by atoms with E-state index in [1.807, 2.05) is 6.07 Å². The zero-order valence-corrected chi connectivity index (χ0v) is 6.78. The molecule has 2 rings (SSSR count). The Balaban J connectivity index is 2.65. The maximum absolute atomic E-state index is 10.5. The van der Waals surface area contributed by atoms with Crippen molar-refractivity contribution in [2.24, 2.45) is 0 Å². The maximum atomic E-state index is 10.5. The predicted molar refractivity (Wildman–Crippen MR) is 45.3 cm³/mol. The lowest BCUT2D eigenvalue weighted by Gasteiger charge is -1.87. The highest BCUT2D eigenvalue weighted by molar-refractivity contribution is 5.79. The molecule has 0 atom stereocenters. The lowest BCUT2D eigenvalue weighted by atomic mass is 10.2. The third kappa shape index (κ3) is 1.28. The molecule has 0 fully saturated rings. The first-order valence-corrected chi connectivity index (χ1v) is 3.84. The Kier molecular flexibility index (Phi) is 1.76. The summed E-state index contributed by atoms with van der Waals surface area (Å²) in [6, 6.07) is 8.77. The van der Waals surface area contributed by atoms with E-state index in [1.165, 1.54) is 0 Å². The molecule has 3 nitrogen and oxygen atoms in total. The molecule has 0 aliphatic rings. The third-order valence-corrected chi connectivity index (χ3v) is 1.84. The van der Waals surface area contributed by atoms with Gasteiger partial charge in [0.15, 0.2) is 0 Å². The van der Waals surface area contributed by atoms with Crippen LogP contribution in [0.4, 0.5) is 0 Å². The first-order chi connectivity index (χ1) is 6.33. The van der Waals surface area contributed by atoms with Gasteiger partial charge in [-0.3, -0.25) is 0 Å². The van der Waals surface area contributed by atoms with Crippen molar-refractivity contribution in [3.8, 4) is 6.07 Å². The second-order valence-electron chi connectivity index (χ2n) is 2.72. The molecule has 1 aromatic heterocycles. The molecule has 3 heteroatoms. The van der Waals surface area contributed by atoms with Crippen molar-refractivity contribution in [3.05, 3.63) is 35.6 Å². The highest BCUT2D eigenvalue weighted by atomic mass is 16.4. The minimum Gasteiger partial charge on any atom is -0.458 e. The lowest BCUT2D eigenvalue weighted by molar-refractivity contribution is 0.157. The average molecular weight is 172 g/mol. The number of fused-ring (bicyclic) bond motifs is 1. The van der Waals surface area contributed by atoms with Gasteiger partial charge in [-0.15, -0.1) is 0 Å². The third-order valence-electron chi connectivity index (χ3n) is 1.84. The van der Waals surface area contributed by atoms with E-state index in [-0.39, 0.29) is 6.61 Å². The van der Waals surface area contributed by atoms with E-state index in [4.69, 9.17) is 9.68 Å². The predicted octanol–water partition coefficient (Wildman–Crippen LogP) is 2.23. The number of rotatable bonds is 1. The fourth-order valence-electron chi connectivity index (χ4n) is 1.24. The van der Waals surface area contributed by atoms with Gasteiger partial charge in [0.25, 0.3) is 0 Å². The van der Waals surface area contributed by atoms with E-state index < -0.39 is 0 Å². The summed E-state index contributed by atoms with van der Waals surface area (Å²) in [5, 5.41) is 19.9. The second kappa shape index (κ2) is 2.92. The fourth-order valence-corrected chi connectivity index (χ4v) is 1.24. The van der Waals surface area contributed by atoms with Crippen molar-refractivity contribution in [2.75, 3.05) is 0 Å². The topological polar surface area (TPSA) is 56.8 Å². The van der Waals surface area contributed by atoms with Crippen LogP contribution in [0.25, 0.3) is 11.0 Å². The molecule has 1 heterocycles. The van der Waals surface area contributed by atoms with Gasteiger partial charge in [-0.2, -0.15) is 5.26 Å². The van der Waals surface area contributed by atoms with Crippen LogP contribution in [-0.4, -0.2) is 0 Å². The minimum atomic E-state index is -0.365. The zero-order valence-electron chi connectivity index (χ0n) is 6.78. The molecule has 0 spiro atoms. The van der Waals surface area contributed by atoms with Gasteiger partial charge in [0.05, 0.1) is 11.6 Å². The quantitative estimate of drug-likeness (QED) is 0.662. The summed E-state index contributed by atoms with van der Waals surface area (Å²) >= 11 is 0. The van der Waals surface area contributed by atoms with Gasteiger partial charge >= 0.3 is 0 Å². The number of nitrogens with zero attached hydrogens (tertiary/aromatic N) is 1. The van der Waals surface area contributed by atoms with Crippen molar-refractivity contribution < 1.29 is 9.52 Å². The van der Waals surface area contributed by atoms with Gasteiger partial charge in [0.2, 0.25) is 0 Å². The van der Waals surface area contributed by atoms with Crippen LogP contribution in [0.15, 0.2) is 28.7 Å². The van der Waals surface area contributed by atoms with Crippen molar-refractivity contribution in [3.63, 3.8) is 0 Å². The van der Waals surface area contributed by atoms with Gasteiger partial charge in [0, 0.05) is 5.39 Å². The van der Waals surface area contributed by atoms with E-state index in [1.54, 1.807) is 24.3 Å². The van der Waals surface area contributed by atoms with E-state index in [2.05, 4.69) is 0 Å². The summed E-state index contributed by atoms with van der Waals surface area (Å²) in [7, 11) is 0. The molecule has 0 amide bonds. The van der Waals surface area contributed by atoms with Crippen LogP contribution < -0.4 is 0 Å². The van der Waals surface area contributed by atoms with Crippen molar-refractivity contribution >= 4 is 11.0 Å². The molecule has 0 saturated carbocycles. The molecular formula is C10H6NO2. The van der Waals surface area contributed by atoms with Gasteiger partial charge in [-0.1, -0.05) is 0 Å². The Labute approximate surface area is 74.8 Å². The van der Waals surface area contributed by atoms with Gasteiger partial charge in [0.1, 0.15) is 18.0 Å². The molecule has 0 aliphatic heterocycles. The lowest BCUT2D eigenvalue weighted by Crippen LogP contribution is -1.70. The SMILES string of the molecule is N#Cc1ccc2oc(C[O])cc2c1. The summed E-state index contributed by atoms with van der Waals surface area (Å²) < 4.78 is 5.19. The van der Waals surface area contributed by atoms with Crippen molar-refractivity contribution in [1.29, 1.82) is 5.26 Å². The molecule has 0 saturated heterocycles. The normalized spacial score (nSPS) is 10.2. The van der Waals surface area contributed by atoms with E-state index in [0.29, 0.717) is 16.9 Å². The van der Waals surface area contributed by atoms with E-state index in [0.717, 1.165) is 5.39 Å². The summed E-state index contributed by atoms with van der Waals surface area (Å²) in [5.41, 5.74) is 1.23. The average Bonchev–Trinajstić information content (AvgIpc) is 2.58. The van der Waals surface area contributed by atoms with Gasteiger partial charge in [-0.05, 0) is 24.3 Å². The van der Waals surface area contributed by atoms with Gasteiger partial charge < -0.3 is 4.42 Å². The molecule has 1 aromatic carbocycles. The number of nitriles is 1. The van der Waals surface area contributed by atoms with Crippen LogP contribution in [0.2, 0.25) is 0 Å². The summed E-state index contributed by atoms with van der Waals surface area (Å²) in [6.07, 6.45) is 0. The van der Waals surface area contributed by atoms with Crippen LogP contribution in [0.5, 0.6) is 0 Å². The summed E-state index contributed by atoms with van der Waals surface area (Å²) in [4.78, 5) is 0. The highest BCUT2D eigenvalue weighted by Gasteiger charge is 2.03. The number of benzene rings is 1. The molecular weight excluding hydrogens is 166 g/mol. The van der Waals surface area contributed by atoms with Crippen LogP contribution in [0, 0.1) is 11.3 Å². The van der Waals surface area contributed by atoms with Crippen LogP contribution in [-0.2, 0) is 11.7 Å². The molecule has 0 aliphatic carbocycles. The Morgan fingerprint density at radius 2 is 2.23 bits per heavy atom. The molecule has 63 valence electrons. The van der Waals surface area contributed by atoms with E-state index >= 15 is 0 Å². The van der Waals surface area contributed by atoms with Crippen LogP contribution in [0.3, 0.4) is 0 Å². The molecule has 0 bridgehead atoms. The Hall–Kier alpha value is -1.79. The smallest absolute Gasteiger partial charge is 0.140 e. The molecule has 0 unspecified atom stereocenters. The molecule has 13 heavy (non-hydrogen) atoms. The number of furan rings is 1. The fraction of sp³-hybridized carbons (Fsp3) is 0.100. The first kappa shape index (κ1) is 7.84. The van der Waals surface area contributed by atoms with Gasteiger partial charge in [-0.25, -0.2) is 5.11 Å². The molecule has 0 N–H and O–H groups in total. The summed E-state index contributed by atoms with van der Waals surface area (Å²) in [6.45, 7) is -0.365. The number of hydrogen-bond donors (Lipinski definition) is 0.